The van der Waals surface area contributed by atoms with Gasteiger partial charge in [-0.25, -0.2) is 0 Å². The highest BCUT2D eigenvalue weighted by Gasteiger charge is 2.38. The standard InChI is InChI=1S/C14H21NO4.ClH/c1-14(2,13(16)19-5)12(15)10-7-6-9(17-3)8-11(10)18-4;/h6-8,12H,15H2,1-5H3;1H/t12-;/m0./s1. The van der Waals surface area contributed by atoms with Crippen molar-refractivity contribution < 1.29 is 19.0 Å². The van der Waals surface area contributed by atoms with Crippen molar-refractivity contribution in [3.8, 4) is 11.5 Å². The van der Waals surface area contributed by atoms with Gasteiger partial charge >= 0.3 is 5.97 Å². The number of carbonyl (C=O) groups is 1. The van der Waals surface area contributed by atoms with E-state index >= 15 is 0 Å². The molecule has 1 aromatic carbocycles. The first-order valence-corrected chi connectivity index (χ1v) is 5.94. The summed E-state index contributed by atoms with van der Waals surface area (Å²) in [4.78, 5) is 11.8. The molecule has 114 valence electrons. The lowest BCUT2D eigenvalue weighted by atomic mass is 9.80. The topological polar surface area (TPSA) is 70.8 Å². The van der Waals surface area contributed by atoms with Gasteiger partial charge in [-0.05, 0) is 19.9 Å². The zero-order chi connectivity index (χ0) is 14.6. The number of halogens is 1. The Kier molecular flexibility index (Phi) is 6.82. The van der Waals surface area contributed by atoms with Crippen LogP contribution in [0, 0.1) is 5.41 Å². The van der Waals surface area contributed by atoms with E-state index in [1.165, 1.54) is 7.11 Å². The van der Waals surface area contributed by atoms with Gasteiger partial charge in [-0.2, -0.15) is 0 Å². The fraction of sp³-hybridized carbons (Fsp3) is 0.500. The van der Waals surface area contributed by atoms with Crippen molar-refractivity contribution in [1.29, 1.82) is 0 Å². The second kappa shape index (κ2) is 7.36. The van der Waals surface area contributed by atoms with Gasteiger partial charge < -0.3 is 19.9 Å². The molecule has 0 saturated heterocycles. The van der Waals surface area contributed by atoms with E-state index in [9.17, 15) is 4.79 Å². The van der Waals surface area contributed by atoms with Gasteiger partial charge in [-0.3, -0.25) is 4.79 Å². The summed E-state index contributed by atoms with van der Waals surface area (Å²) in [6, 6.07) is 4.78. The summed E-state index contributed by atoms with van der Waals surface area (Å²) in [6.45, 7) is 3.49. The van der Waals surface area contributed by atoms with E-state index in [-0.39, 0.29) is 18.4 Å². The van der Waals surface area contributed by atoms with Crippen LogP contribution >= 0.6 is 12.4 Å². The van der Waals surface area contributed by atoms with Crippen molar-refractivity contribution in [1.82, 2.24) is 0 Å². The number of esters is 1. The highest BCUT2D eigenvalue weighted by atomic mass is 35.5. The van der Waals surface area contributed by atoms with Gasteiger partial charge in [-0.15, -0.1) is 12.4 Å². The molecule has 0 radical (unpaired) electrons. The lowest BCUT2D eigenvalue weighted by Crippen LogP contribution is -2.37. The molecule has 0 aliphatic rings. The molecule has 0 heterocycles. The van der Waals surface area contributed by atoms with Crippen LogP contribution in [0.4, 0.5) is 0 Å². The number of methoxy groups -OCH3 is 3. The molecule has 0 bridgehead atoms. The second-order valence-electron chi connectivity index (χ2n) is 4.80. The van der Waals surface area contributed by atoms with Gasteiger partial charge in [0.15, 0.2) is 0 Å². The van der Waals surface area contributed by atoms with Gasteiger partial charge in [0.1, 0.15) is 11.5 Å². The lowest BCUT2D eigenvalue weighted by Gasteiger charge is -2.30. The normalized spacial score (nSPS) is 12.1. The van der Waals surface area contributed by atoms with Crippen LogP contribution in [0.3, 0.4) is 0 Å². The lowest BCUT2D eigenvalue weighted by molar-refractivity contribution is -0.152. The summed E-state index contributed by atoms with van der Waals surface area (Å²) >= 11 is 0. The molecule has 0 saturated carbocycles. The molecule has 0 aliphatic carbocycles. The Hall–Kier alpha value is -1.46. The first-order valence-electron chi connectivity index (χ1n) is 5.94. The van der Waals surface area contributed by atoms with E-state index in [2.05, 4.69) is 0 Å². The molecule has 0 spiro atoms. The van der Waals surface area contributed by atoms with E-state index < -0.39 is 11.5 Å². The zero-order valence-electron chi connectivity index (χ0n) is 12.4. The SMILES string of the molecule is COC(=O)C(C)(C)[C@@H](N)c1ccc(OC)cc1OC.Cl. The summed E-state index contributed by atoms with van der Waals surface area (Å²) < 4.78 is 15.2. The number of rotatable bonds is 5. The number of carbonyl (C=O) groups excluding carboxylic acids is 1. The molecule has 0 fully saturated rings. The third-order valence-electron chi connectivity index (χ3n) is 3.26. The van der Waals surface area contributed by atoms with Crippen LogP contribution in [0.25, 0.3) is 0 Å². The quantitative estimate of drug-likeness (QED) is 0.845. The molecule has 1 aromatic rings. The monoisotopic (exact) mass is 303 g/mol. The smallest absolute Gasteiger partial charge is 0.313 e. The summed E-state index contributed by atoms with van der Waals surface area (Å²) in [5.74, 6) is 0.894. The van der Waals surface area contributed by atoms with Crippen molar-refractivity contribution >= 4 is 18.4 Å². The van der Waals surface area contributed by atoms with Gasteiger partial charge in [0, 0.05) is 17.7 Å². The number of benzene rings is 1. The number of nitrogens with two attached hydrogens (primary N) is 1. The Bertz CT molecular complexity index is 462. The molecule has 0 amide bonds. The summed E-state index contributed by atoms with van der Waals surface area (Å²) in [5, 5.41) is 0. The predicted octanol–water partition coefficient (Wildman–Crippen LogP) is 2.32. The minimum atomic E-state index is -0.851. The van der Waals surface area contributed by atoms with Crippen LogP contribution in [0.15, 0.2) is 18.2 Å². The summed E-state index contributed by atoms with van der Waals surface area (Å²) in [6.07, 6.45) is 0. The average Bonchev–Trinajstić information content (AvgIpc) is 2.44. The first kappa shape index (κ1) is 18.5. The Morgan fingerprint density at radius 2 is 1.80 bits per heavy atom. The predicted molar refractivity (Wildman–Crippen MR) is 79.5 cm³/mol. The van der Waals surface area contributed by atoms with E-state index in [1.807, 2.05) is 0 Å². The Balaban J connectivity index is 0.00000361. The number of hydrogen-bond donors (Lipinski definition) is 1. The van der Waals surface area contributed by atoms with Crippen molar-refractivity contribution in [3.63, 3.8) is 0 Å². The molecule has 0 aliphatic heterocycles. The largest absolute Gasteiger partial charge is 0.497 e. The molecular formula is C14H22ClNO4. The van der Waals surface area contributed by atoms with Crippen LogP contribution in [-0.4, -0.2) is 27.3 Å². The zero-order valence-corrected chi connectivity index (χ0v) is 13.2. The third-order valence-corrected chi connectivity index (χ3v) is 3.26. The third kappa shape index (κ3) is 3.55. The second-order valence-corrected chi connectivity index (χ2v) is 4.80. The average molecular weight is 304 g/mol. The summed E-state index contributed by atoms with van der Waals surface area (Å²) in [7, 11) is 4.48. The minimum Gasteiger partial charge on any atom is -0.497 e. The van der Waals surface area contributed by atoms with Crippen molar-refractivity contribution in [2.75, 3.05) is 21.3 Å². The van der Waals surface area contributed by atoms with Gasteiger partial charge in [0.05, 0.1) is 26.7 Å². The highest BCUT2D eigenvalue weighted by molar-refractivity contribution is 5.85. The van der Waals surface area contributed by atoms with E-state index in [0.717, 1.165) is 5.56 Å². The van der Waals surface area contributed by atoms with Crippen molar-refractivity contribution in [3.05, 3.63) is 23.8 Å². The Morgan fingerprint density at radius 1 is 1.20 bits per heavy atom. The van der Waals surface area contributed by atoms with E-state index in [0.29, 0.717) is 11.5 Å². The molecule has 0 aromatic heterocycles. The maximum atomic E-state index is 11.8. The van der Waals surface area contributed by atoms with Gasteiger partial charge in [0.25, 0.3) is 0 Å². The fourth-order valence-corrected chi connectivity index (χ4v) is 1.85. The number of hydrogen-bond acceptors (Lipinski definition) is 5. The van der Waals surface area contributed by atoms with E-state index in [4.69, 9.17) is 19.9 Å². The number of ether oxygens (including phenoxy) is 3. The van der Waals surface area contributed by atoms with E-state index in [1.54, 1.807) is 46.3 Å². The van der Waals surface area contributed by atoms with Crippen LogP contribution in [0.2, 0.25) is 0 Å². The maximum Gasteiger partial charge on any atom is 0.313 e. The molecule has 1 atom stereocenters. The molecule has 5 nitrogen and oxygen atoms in total. The molecule has 0 unspecified atom stereocenters. The van der Waals surface area contributed by atoms with Crippen molar-refractivity contribution in [2.45, 2.75) is 19.9 Å². The van der Waals surface area contributed by atoms with Crippen LogP contribution in [0.1, 0.15) is 25.5 Å². The maximum absolute atomic E-state index is 11.8. The van der Waals surface area contributed by atoms with Gasteiger partial charge in [0.2, 0.25) is 0 Å². The van der Waals surface area contributed by atoms with Crippen LogP contribution in [-0.2, 0) is 9.53 Å². The Labute approximate surface area is 125 Å². The van der Waals surface area contributed by atoms with Gasteiger partial charge in [-0.1, -0.05) is 6.07 Å². The highest BCUT2D eigenvalue weighted by Crippen LogP contribution is 2.38. The molecule has 2 N–H and O–H groups in total. The molecule has 1 rings (SSSR count). The Morgan fingerprint density at radius 3 is 2.25 bits per heavy atom. The van der Waals surface area contributed by atoms with Crippen molar-refractivity contribution in [2.24, 2.45) is 11.1 Å². The van der Waals surface area contributed by atoms with Crippen LogP contribution in [0.5, 0.6) is 11.5 Å². The first-order chi connectivity index (χ1) is 8.88. The molecular weight excluding hydrogens is 282 g/mol. The summed E-state index contributed by atoms with van der Waals surface area (Å²) in [5.41, 5.74) is 6.08. The molecule has 6 heteroatoms. The minimum absolute atomic E-state index is 0. The fourth-order valence-electron chi connectivity index (χ4n) is 1.85. The molecule has 20 heavy (non-hydrogen) atoms. The van der Waals surface area contributed by atoms with Crippen LogP contribution < -0.4 is 15.2 Å².